The standard InChI is InChI=1S/C18H29O5PS/c1-15(16-9-7-6-8-10-16)13-18(2,14-25-5)17(19)23-11-12-24(20,21-3)22-4/h6-10,15H,11-14H2,1-5H3. The lowest BCUT2D eigenvalue weighted by atomic mass is 9.80. The van der Waals surface area contributed by atoms with Gasteiger partial charge in [-0.3, -0.25) is 9.36 Å². The van der Waals surface area contributed by atoms with Gasteiger partial charge in [0.05, 0.1) is 11.6 Å². The Morgan fingerprint density at radius 3 is 2.36 bits per heavy atom. The SMILES string of the molecule is COP(=O)(CCOC(=O)C(C)(CSC)CC(C)c1ccccc1)OC. The summed E-state index contributed by atoms with van der Waals surface area (Å²) in [6.45, 7) is 4.06. The van der Waals surface area contributed by atoms with Gasteiger partial charge in [-0.2, -0.15) is 11.8 Å². The second-order valence-corrected chi connectivity index (χ2v) is 9.61. The summed E-state index contributed by atoms with van der Waals surface area (Å²) in [7, 11) is -0.513. The smallest absolute Gasteiger partial charge is 0.333 e. The van der Waals surface area contributed by atoms with Gasteiger partial charge < -0.3 is 13.8 Å². The van der Waals surface area contributed by atoms with E-state index in [0.29, 0.717) is 12.2 Å². The third-order valence-electron chi connectivity index (χ3n) is 4.24. The Balaban J connectivity index is 2.72. The summed E-state index contributed by atoms with van der Waals surface area (Å²) >= 11 is 1.62. The zero-order valence-electron chi connectivity index (χ0n) is 15.7. The van der Waals surface area contributed by atoms with Gasteiger partial charge in [0.15, 0.2) is 0 Å². The molecule has 0 aliphatic rings. The van der Waals surface area contributed by atoms with Gasteiger partial charge in [-0.1, -0.05) is 37.3 Å². The molecule has 0 aliphatic heterocycles. The molecule has 2 unspecified atom stereocenters. The van der Waals surface area contributed by atoms with Crippen LogP contribution in [0.15, 0.2) is 30.3 Å². The number of hydrogen-bond donors (Lipinski definition) is 0. The summed E-state index contributed by atoms with van der Waals surface area (Å²) in [4.78, 5) is 12.7. The average molecular weight is 388 g/mol. The number of carbonyl (C=O) groups is 1. The first-order valence-electron chi connectivity index (χ1n) is 8.22. The number of carbonyl (C=O) groups excluding carboxylic acids is 1. The Labute approximate surface area is 155 Å². The highest BCUT2D eigenvalue weighted by Crippen LogP contribution is 2.46. The second-order valence-electron chi connectivity index (χ2n) is 6.35. The largest absolute Gasteiger partial charge is 0.465 e. The van der Waals surface area contributed by atoms with Gasteiger partial charge in [-0.15, -0.1) is 0 Å². The fraction of sp³-hybridized carbons (Fsp3) is 0.611. The molecule has 5 nitrogen and oxygen atoms in total. The third-order valence-corrected chi connectivity index (χ3v) is 7.00. The summed E-state index contributed by atoms with van der Waals surface area (Å²) in [5, 5.41) is 0. The zero-order chi connectivity index (χ0) is 18.9. The van der Waals surface area contributed by atoms with E-state index in [1.54, 1.807) is 11.8 Å². The van der Waals surface area contributed by atoms with E-state index in [-0.39, 0.29) is 24.7 Å². The van der Waals surface area contributed by atoms with Crippen LogP contribution in [0.1, 0.15) is 31.7 Å². The molecule has 0 N–H and O–H groups in total. The maximum absolute atomic E-state index is 12.7. The minimum absolute atomic E-state index is 0.0154. The van der Waals surface area contributed by atoms with Crippen molar-refractivity contribution in [1.82, 2.24) is 0 Å². The van der Waals surface area contributed by atoms with E-state index >= 15 is 0 Å². The van der Waals surface area contributed by atoms with Crippen molar-refractivity contribution in [3.05, 3.63) is 35.9 Å². The quantitative estimate of drug-likeness (QED) is 0.408. The van der Waals surface area contributed by atoms with E-state index in [0.717, 1.165) is 0 Å². The number of hydrogen-bond acceptors (Lipinski definition) is 6. The lowest BCUT2D eigenvalue weighted by molar-refractivity contribution is -0.153. The molecule has 0 saturated heterocycles. The summed E-state index contributed by atoms with van der Waals surface area (Å²) in [5.74, 6) is 0.619. The fourth-order valence-corrected chi connectivity index (χ4v) is 4.48. The Kier molecular flexibility index (Phi) is 9.22. The molecule has 0 saturated carbocycles. The number of rotatable bonds is 11. The van der Waals surface area contributed by atoms with Gasteiger partial charge in [0.25, 0.3) is 0 Å². The molecule has 1 aromatic carbocycles. The normalized spacial score (nSPS) is 15.4. The van der Waals surface area contributed by atoms with Crippen molar-refractivity contribution in [3.63, 3.8) is 0 Å². The molecule has 7 heteroatoms. The van der Waals surface area contributed by atoms with E-state index in [1.165, 1.54) is 19.8 Å². The van der Waals surface area contributed by atoms with Crippen LogP contribution >= 0.6 is 19.4 Å². The molecule has 0 bridgehead atoms. The molecule has 0 amide bonds. The minimum atomic E-state index is -3.16. The van der Waals surface area contributed by atoms with Gasteiger partial charge >= 0.3 is 13.6 Å². The lowest BCUT2D eigenvalue weighted by Gasteiger charge is -2.30. The fourth-order valence-electron chi connectivity index (χ4n) is 2.78. The first-order valence-corrected chi connectivity index (χ1v) is 11.3. The van der Waals surface area contributed by atoms with Gasteiger partial charge in [0, 0.05) is 20.0 Å². The molecule has 25 heavy (non-hydrogen) atoms. The highest BCUT2D eigenvalue weighted by atomic mass is 32.2. The topological polar surface area (TPSA) is 61.8 Å². The van der Waals surface area contributed by atoms with Gasteiger partial charge in [-0.25, -0.2) is 0 Å². The molecule has 1 rings (SSSR count). The first-order chi connectivity index (χ1) is 11.8. The van der Waals surface area contributed by atoms with Crippen LogP contribution in [0, 0.1) is 5.41 Å². The van der Waals surface area contributed by atoms with E-state index in [2.05, 4.69) is 19.1 Å². The van der Waals surface area contributed by atoms with Crippen LogP contribution in [0.3, 0.4) is 0 Å². The highest BCUT2D eigenvalue weighted by molar-refractivity contribution is 7.98. The van der Waals surface area contributed by atoms with Crippen molar-refractivity contribution in [1.29, 1.82) is 0 Å². The molecule has 2 atom stereocenters. The van der Waals surface area contributed by atoms with Gasteiger partial charge in [0.2, 0.25) is 0 Å². The van der Waals surface area contributed by atoms with Crippen LogP contribution in [0.4, 0.5) is 0 Å². The minimum Gasteiger partial charge on any atom is -0.465 e. The first kappa shape index (κ1) is 22.2. The van der Waals surface area contributed by atoms with Crippen molar-refractivity contribution in [2.75, 3.05) is 39.0 Å². The van der Waals surface area contributed by atoms with Crippen molar-refractivity contribution in [3.8, 4) is 0 Å². The predicted molar refractivity (Wildman–Crippen MR) is 103 cm³/mol. The molecular weight excluding hydrogens is 359 g/mol. The van der Waals surface area contributed by atoms with Crippen LogP contribution in [0.2, 0.25) is 0 Å². The number of benzene rings is 1. The predicted octanol–water partition coefficient (Wildman–Crippen LogP) is 4.58. The summed E-state index contributed by atoms with van der Waals surface area (Å²) in [6, 6.07) is 10.1. The molecule has 0 radical (unpaired) electrons. The van der Waals surface area contributed by atoms with Crippen molar-refractivity contribution in [2.45, 2.75) is 26.2 Å². The second kappa shape index (κ2) is 10.4. The average Bonchev–Trinajstić information content (AvgIpc) is 2.62. The zero-order valence-corrected chi connectivity index (χ0v) is 17.4. The Bertz CT molecular complexity index is 572. The monoisotopic (exact) mass is 388 g/mol. The van der Waals surface area contributed by atoms with E-state index in [9.17, 15) is 9.36 Å². The number of thioether (sulfide) groups is 1. The Hall–Kier alpha value is -0.810. The Morgan fingerprint density at radius 2 is 1.84 bits per heavy atom. The van der Waals surface area contributed by atoms with Crippen LogP contribution in [-0.4, -0.2) is 45.0 Å². The molecule has 0 fully saturated rings. The summed E-state index contributed by atoms with van der Waals surface area (Å²) < 4.78 is 27.2. The van der Waals surface area contributed by atoms with Gasteiger partial charge in [0.1, 0.15) is 6.61 Å². The van der Waals surface area contributed by atoms with Crippen LogP contribution in [0.25, 0.3) is 0 Å². The molecule has 142 valence electrons. The summed E-state index contributed by atoms with van der Waals surface area (Å²) in [5.41, 5.74) is 0.588. The molecule has 0 aromatic heterocycles. The Morgan fingerprint density at radius 1 is 1.24 bits per heavy atom. The number of esters is 1. The highest BCUT2D eigenvalue weighted by Gasteiger charge is 2.36. The van der Waals surface area contributed by atoms with Crippen molar-refractivity contribution >= 4 is 25.3 Å². The molecule has 0 aliphatic carbocycles. The van der Waals surface area contributed by atoms with Crippen molar-refractivity contribution < 1.29 is 23.1 Å². The maximum atomic E-state index is 12.7. The van der Waals surface area contributed by atoms with E-state index in [4.69, 9.17) is 13.8 Å². The molecule has 0 heterocycles. The third kappa shape index (κ3) is 6.78. The van der Waals surface area contributed by atoms with Crippen LogP contribution in [-0.2, 0) is 23.1 Å². The van der Waals surface area contributed by atoms with E-state index < -0.39 is 13.0 Å². The van der Waals surface area contributed by atoms with Crippen LogP contribution in [0.5, 0.6) is 0 Å². The molecule has 1 aromatic rings. The maximum Gasteiger partial charge on any atom is 0.333 e. The number of ether oxygens (including phenoxy) is 1. The molecule has 0 spiro atoms. The van der Waals surface area contributed by atoms with Gasteiger partial charge in [-0.05, 0) is 31.1 Å². The van der Waals surface area contributed by atoms with Crippen molar-refractivity contribution in [2.24, 2.45) is 5.41 Å². The lowest BCUT2D eigenvalue weighted by Crippen LogP contribution is -2.34. The molecular formula is C18H29O5PS. The van der Waals surface area contributed by atoms with E-state index in [1.807, 2.05) is 31.4 Å². The van der Waals surface area contributed by atoms with Crippen LogP contribution < -0.4 is 0 Å². The summed E-state index contributed by atoms with van der Waals surface area (Å²) in [6.07, 6.45) is 2.71.